The van der Waals surface area contributed by atoms with Crippen LogP contribution in [0.1, 0.15) is 18.3 Å². The Balaban J connectivity index is 1.44. The van der Waals surface area contributed by atoms with Crippen LogP contribution in [0.3, 0.4) is 0 Å². The smallest absolute Gasteiger partial charge is 0.248 e. The molecule has 0 saturated carbocycles. The number of carbonyl (C=O) groups is 1. The fraction of sp³-hybridized carbons (Fsp3) is 0.100. The summed E-state index contributed by atoms with van der Waals surface area (Å²) in [5.74, 6) is 0.642. The number of aryl methyl sites for hydroxylation is 1. The Hall–Kier alpha value is -3.03. The predicted octanol–water partition coefficient (Wildman–Crippen LogP) is 4.72. The fourth-order valence-corrected chi connectivity index (χ4v) is 3.61. The zero-order chi connectivity index (χ0) is 19.5. The van der Waals surface area contributed by atoms with Gasteiger partial charge in [-0.1, -0.05) is 42.0 Å². The summed E-state index contributed by atoms with van der Waals surface area (Å²) in [5.41, 5.74) is 2.59. The Kier molecular flexibility index (Phi) is 5.18. The maximum Gasteiger partial charge on any atom is 0.248 e. The topological polar surface area (TPSA) is 72.2 Å². The number of carbonyl (C=O) groups excluding carboxylic acids is 1. The maximum atomic E-state index is 12.1. The second-order valence-corrected chi connectivity index (χ2v) is 7.42. The van der Waals surface area contributed by atoms with Gasteiger partial charge in [0.05, 0.1) is 0 Å². The molecule has 0 saturated heterocycles. The van der Waals surface area contributed by atoms with Crippen LogP contribution in [-0.2, 0) is 11.2 Å². The highest BCUT2D eigenvalue weighted by atomic mass is 35.5. The molecule has 0 aliphatic rings. The van der Waals surface area contributed by atoms with Gasteiger partial charge in [-0.25, -0.2) is 0 Å². The van der Waals surface area contributed by atoms with E-state index in [-0.39, 0.29) is 5.91 Å². The number of nitrogens with one attached hydrogen (secondary N) is 1. The second-order valence-electron chi connectivity index (χ2n) is 6.02. The summed E-state index contributed by atoms with van der Waals surface area (Å²) in [5, 5.41) is 17.2. The fourth-order valence-electron chi connectivity index (χ4n) is 2.62. The van der Waals surface area contributed by atoms with Gasteiger partial charge in [-0.2, -0.15) is 9.61 Å². The van der Waals surface area contributed by atoms with Crippen LogP contribution in [-0.4, -0.2) is 25.7 Å². The number of benzene rings is 2. The summed E-state index contributed by atoms with van der Waals surface area (Å²) in [6, 6.07) is 14.8. The van der Waals surface area contributed by atoms with Gasteiger partial charge in [0.15, 0.2) is 5.82 Å². The first-order valence-corrected chi connectivity index (χ1v) is 9.88. The van der Waals surface area contributed by atoms with Crippen LogP contribution in [0.2, 0.25) is 5.02 Å². The van der Waals surface area contributed by atoms with Crippen LogP contribution in [0.25, 0.3) is 21.6 Å². The second kappa shape index (κ2) is 7.92. The van der Waals surface area contributed by atoms with E-state index in [0.29, 0.717) is 10.7 Å². The number of anilines is 1. The molecular formula is C20H16ClN5OS. The molecule has 1 N–H and O–H groups in total. The Morgan fingerprint density at radius 3 is 2.61 bits per heavy atom. The van der Waals surface area contributed by atoms with Crippen molar-refractivity contribution in [2.75, 3.05) is 5.32 Å². The number of hydrogen-bond donors (Lipinski definition) is 1. The molecule has 1 amide bonds. The normalized spacial score (nSPS) is 11.4. The summed E-state index contributed by atoms with van der Waals surface area (Å²) in [6.45, 7) is 2.02. The average Bonchev–Trinajstić information content (AvgIpc) is 3.29. The van der Waals surface area contributed by atoms with E-state index >= 15 is 0 Å². The molecule has 0 unspecified atom stereocenters. The summed E-state index contributed by atoms with van der Waals surface area (Å²) < 4.78 is 1.78. The number of rotatable bonds is 5. The lowest BCUT2D eigenvalue weighted by molar-refractivity contribution is -0.111. The summed E-state index contributed by atoms with van der Waals surface area (Å²) in [7, 11) is 0. The van der Waals surface area contributed by atoms with E-state index in [0.717, 1.165) is 33.3 Å². The summed E-state index contributed by atoms with van der Waals surface area (Å²) in [6.07, 6.45) is 4.01. The number of amides is 1. The van der Waals surface area contributed by atoms with E-state index in [2.05, 4.69) is 20.6 Å². The minimum absolute atomic E-state index is 0.200. The third-order valence-electron chi connectivity index (χ3n) is 4.07. The molecule has 6 nitrogen and oxygen atoms in total. The largest absolute Gasteiger partial charge is 0.323 e. The Labute approximate surface area is 170 Å². The van der Waals surface area contributed by atoms with E-state index < -0.39 is 0 Å². The van der Waals surface area contributed by atoms with E-state index in [9.17, 15) is 4.79 Å². The molecule has 2 aromatic carbocycles. The summed E-state index contributed by atoms with van der Waals surface area (Å²) >= 11 is 7.34. The van der Waals surface area contributed by atoms with E-state index in [4.69, 9.17) is 11.6 Å². The monoisotopic (exact) mass is 409 g/mol. The Morgan fingerprint density at radius 1 is 1.14 bits per heavy atom. The highest BCUT2D eigenvalue weighted by Gasteiger charge is 2.11. The van der Waals surface area contributed by atoms with Gasteiger partial charge in [0, 0.05) is 28.8 Å². The molecule has 140 valence electrons. The van der Waals surface area contributed by atoms with Crippen molar-refractivity contribution in [1.82, 2.24) is 19.8 Å². The van der Waals surface area contributed by atoms with Crippen molar-refractivity contribution in [2.24, 2.45) is 0 Å². The quantitative estimate of drug-likeness (QED) is 0.484. The predicted molar refractivity (Wildman–Crippen MR) is 113 cm³/mol. The lowest BCUT2D eigenvalue weighted by Crippen LogP contribution is -2.07. The third-order valence-corrected chi connectivity index (χ3v) is 5.27. The lowest BCUT2D eigenvalue weighted by atomic mass is 10.2. The average molecular weight is 410 g/mol. The molecule has 0 aliphatic heterocycles. The van der Waals surface area contributed by atoms with Gasteiger partial charge in [0.25, 0.3) is 0 Å². The first-order chi connectivity index (χ1) is 13.6. The maximum absolute atomic E-state index is 12.1. The van der Waals surface area contributed by atoms with Crippen LogP contribution in [0.5, 0.6) is 0 Å². The van der Waals surface area contributed by atoms with Crippen molar-refractivity contribution in [2.45, 2.75) is 13.3 Å². The van der Waals surface area contributed by atoms with Crippen LogP contribution >= 0.6 is 22.9 Å². The number of nitrogens with zero attached hydrogens (tertiary/aromatic N) is 4. The Bertz CT molecular complexity index is 1150. The van der Waals surface area contributed by atoms with Crippen molar-refractivity contribution in [3.8, 4) is 10.6 Å². The van der Waals surface area contributed by atoms with Crippen LogP contribution in [0.15, 0.2) is 54.6 Å². The van der Waals surface area contributed by atoms with E-state index in [1.807, 2.05) is 43.3 Å². The van der Waals surface area contributed by atoms with Crippen LogP contribution in [0.4, 0.5) is 5.69 Å². The zero-order valence-corrected chi connectivity index (χ0v) is 16.5. The van der Waals surface area contributed by atoms with Crippen LogP contribution < -0.4 is 5.32 Å². The molecule has 0 atom stereocenters. The number of aromatic nitrogens is 4. The molecule has 2 aromatic heterocycles. The Morgan fingerprint density at radius 2 is 1.89 bits per heavy atom. The van der Waals surface area contributed by atoms with Gasteiger partial charge in [-0.05, 0) is 48.0 Å². The minimum atomic E-state index is -0.200. The van der Waals surface area contributed by atoms with Crippen molar-refractivity contribution in [1.29, 1.82) is 0 Å². The van der Waals surface area contributed by atoms with Crippen molar-refractivity contribution in [3.63, 3.8) is 0 Å². The highest BCUT2D eigenvalue weighted by molar-refractivity contribution is 7.19. The molecule has 0 spiro atoms. The third kappa shape index (κ3) is 3.95. The first-order valence-electron chi connectivity index (χ1n) is 8.68. The molecular weight excluding hydrogens is 394 g/mol. The van der Waals surface area contributed by atoms with Gasteiger partial charge in [-0.3, -0.25) is 4.79 Å². The molecule has 28 heavy (non-hydrogen) atoms. The molecule has 8 heteroatoms. The molecule has 0 aliphatic carbocycles. The van der Waals surface area contributed by atoms with Gasteiger partial charge < -0.3 is 5.32 Å². The molecule has 2 heterocycles. The van der Waals surface area contributed by atoms with Gasteiger partial charge >= 0.3 is 0 Å². The number of hydrogen-bond acceptors (Lipinski definition) is 5. The minimum Gasteiger partial charge on any atom is -0.323 e. The SMILES string of the molecule is CCc1nnc2sc(-c3ccc(NC(=O)/C=C/c4ccc(Cl)cc4)cc3)nn12. The van der Waals surface area contributed by atoms with E-state index in [1.165, 1.54) is 17.4 Å². The first kappa shape index (κ1) is 18.3. The van der Waals surface area contributed by atoms with Crippen molar-refractivity contribution < 1.29 is 4.79 Å². The molecule has 0 fully saturated rings. The van der Waals surface area contributed by atoms with Crippen molar-refractivity contribution >= 4 is 45.6 Å². The zero-order valence-electron chi connectivity index (χ0n) is 15.0. The molecule has 0 bridgehead atoms. The molecule has 4 aromatic rings. The lowest BCUT2D eigenvalue weighted by Gasteiger charge is -2.03. The molecule has 0 radical (unpaired) electrons. The van der Waals surface area contributed by atoms with Gasteiger partial charge in [0.2, 0.25) is 10.9 Å². The number of fused-ring (bicyclic) bond motifs is 1. The van der Waals surface area contributed by atoms with Gasteiger partial charge in [-0.15, -0.1) is 10.2 Å². The van der Waals surface area contributed by atoms with Gasteiger partial charge in [0.1, 0.15) is 5.01 Å². The number of halogens is 1. The van der Waals surface area contributed by atoms with Crippen LogP contribution in [0, 0.1) is 0 Å². The highest BCUT2D eigenvalue weighted by Crippen LogP contribution is 2.26. The van der Waals surface area contributed by atoms with Crippen molar-refractivity contribution in [3.05, 3.63) is 71.0 Å². The molecule has 4 rings (SSSR count). The van der Waals surface area contributed by atoms with E-state index in [1.54, 1.807) is 22.7 Å². The standard InChI is InChI=1S/C20H16ClN5OS/c1-2-17-23-24-20-26(17)25-19(28-20)14-6-10-16(11-7-14)22-18(27)12-5-13-3-8-15(21)9-4-13/h3-12H,2H2,1H3,(H,22,27)/b12-5+. The summed E-state index contributed by atoms with van der Waals surface area (Å²) in [4.78, 5) is 12.9.